The summed E-state index contributed by atoms with van der Waals surface area (Å²) in [5.74, 6) is -0.263. The lowest BCUT2D eigenvalue weighted by Crippen LogP contribution is -2.35. The van der Waals surface area contributed by atoms with Crippen molar-refractivity contribution in [3.05, 3.63) is 53.6 Å². The number of aliphatic hydroxyl groups excluding tert-OH is 1. The molecule has 4 heteroatoms. The summed E-state index contributed by atoms with van der Waals surface area (Å²) in [6.45, 7) is 3.92. The molecule has 1 N–H and O–H groups in total. The van der Waals surface area contributed by atoms with Crippen LogP contribution < -0.4 is 0 Å². The van der Waals surface area contributed by atoms with E-state index in [1.807, 2.05) is 27.1 Å². The van der Waals surface area contributed by atoms with Gasteiger partial charge in [0, 0.05) is 25.1 Å². The van der Waals surface area contributed by atoms with Crippen LogP contribution in [-0.2, 0) is 18.9 Å². The summed E-state index contributed by atoms with van der Waals surface area (Å²) in [5.41, 5.74) is 1.47. The number of halogens is 1. The SMILES string of the molecule is Cn1cc(CC(O)C(C)(C)c2ccc(F)cc2)cn1. The van der Waals surface area contributed by atoms with Crippen molar-refractivity contribution in [1.82, 2.24) is 9.78 Å². The van der Waals surface area contributed by atoms with Crippen molar-refractivity contribution in [2.24, 2.45) is 7.05 Å². The standard InChI is InChI=1S/C15H19FN2O/c1-15(2,12-4-6-13(16)7-5-12)14(19)8-11-9-17-18(3)10-11/h4-7,9-10,14,19H,8H2,1-3H3. The molecule has 0 amide bonds. The molecule has 102 valence electrons. The first kappa shape index (κ1) is 13.7. The fourth-order valence-electron chi connectivity index (χ4n) is 2.13. The zero-order chi connectivity index (χ0) is 14.0. The fourth-order valence-corrected chi connectivity index (χ4v) is 2.13. The maximum absolute atomic E-state index is 13.0. The van der Waals surface area contributed by atoms with E-state index in [1.54, 1.807) is 23.0 Å². The molecule has 1 aromatic carbocycles. The van der Waals surface area contributed by atoms with Crippen molar-refractivity contribution in [3.8, 4) is 0 Å². The minimum Gasteiger partial charge on any atom is -0.392 e. The molecule has 0 saturated carbocycles. The molecule has 1 heterocycles. The Balaban J connectivity index is 2.16. The lowest BCUT2D eigenvalue weighted by atomic mass is 9.77. The fraction of sp³-hybridized carbons (Fsp3) is 0.400. The molecule has 2 rings (SSSR count). The molecular weight excluding hydrogens is 243 g/mol. The summed E-state index contributed by atoms with van der Waals surface area (Å²) >= 11 is 0. The highest BCUT2D eigenvalue weighted by atomic mass is 19.1. The Labute approximate surface area is 112 Å². The summed E-state index contributed by atoms with van der Waals surface area (Å²) in [6, 6.07) is 6.30. The van der Waals surface area contributed by atoms with E-state index in [4.69, 9.17) is 0 Å². The van der Waals surface area contributed by atoms with Gasteiger partial charge in [0.2, 0.25) is 0 Å². The van der Waals surface area contributed by atoms with Gasteiger partial charge >= 0.3 is 0 Å². The molecule has 0 bridgehead atoms. The Bertz CT molecular complexity index is 546. The highest BCUT2D eigenvalue weighted by molar-refractivity contribution is 5.26. The molecule has 0 aliphatic heterocycles. The molecule has 2 aromatic rings. The van der Waals surface area contributed by atoms with E-state index in [0.29, 0.717) is 6.42 Å². The van der Waals surface area contributed by atoms with Gasteiger partial charge in [-0.2, -0.15) is 5.10 Å². The highest BCUT2D eigenvalue weighted by Gasteiger charge is 2.30. The first-order valence-corrected chi connectivity index (χ1v) is 6.31. The molecule has 0 aliphatic carbocycles. The van der Waals surface area contributed by atoms with Crippen molar-refractivity contribution in [1.29, 1.82) is 0 Å². The summed E-state index contributed by atoms with van der Waals surface area (Å²) in [5, 5.41) is 14.5. The van der Waals surface area contributed by atoms with Gasteiger partial charge in [-0.1, -0.05) is 26.0 Å². The smallest absolute Gasteiger partial charge is 0.123 e. The molecule has 0 saturated heterocycles. The van der Waals surface area contributed by atoms with E-state index in [-0.39, 0.29) is 5.82 Å². The van der Waals surface area contributed by atoms with Crippen molar-refractivity contribution < 1.29 is 9.50 Å². The lowest BCUT2D eigenvalue weighted by molar-refractivity contribution is 0.0999. The average molecular weight is 262 g/mol. The van der Waals surface area contributed by atoms with Crippen LogP contribution in [0, 0.1) is 5.82 Å². The largest absolute Gasteiger partial charge is 0.392 e. The molecule has 3 nitrogen and oxygen atoms in total. The van der Waals surface area contributed by atoms with Crippen molar-refractivity contribution in [2.45, 2.75) is 31.8 Å². The van der Waals surface area contributed by atoms with Crippen LogP contribution in [0.4, 0.5) is 4.39 Å². The summed E-state index contributed by atoms with van der Waals surface area (Å²) in [7, 11) is 1.85. The normalized spacial score (nSPS) is 13.5. The van der Waals surface area contributed by atoms with E-state index in [0.717, 1.165) is 11.1 Å². The third kappa shape index (κ3) is 3.01. The van der Waals surface area contributed by atoms with Crippen molar-refractivity contribution in [2.75, 3.05) is 0 Å². The molecule has 0 radical (unpaired) electrons. The third-order valence-corrected chi connectivity index (χ3v) is 3.61. The van der Waals surface area contributed by atoms with E-state index in [9.17, 15) is 9.50 Å². The highest BCUT2D eigenvalue weighted by Crippen LogP contribution is 2.29. The molecule has 1 unspecified atom stereocenters. The summed E-state index contributed by atoms with van der Waals surface area (Å²) < 4.78 is 14.7. The van der Waals surface area contributed by atoms with Crippen molar-refractivity contribution >= 4 is 0 Å². The van der Waals surface area contributed by atoms with Gasteiger partial charge in [0.25, 0.3) is 0 Å². The number of rotatable bonds is 4. The van der Waals surface area contributed by atoms with Gasteiger partial charge in [-0.25, -0.2) is 4.39 Å². The van der Waals surface area contributed by atoms with Crippen LogP contribution in [-0.4, -0.2) is 21.0 Å². The summed E-state index contributed by atoms with van der Waals surface area (Å²) in [4.78, 5) is 0. The number of benzene rings is 1. The van der Waals surface area contributed by atoms with Crippen molar-refractivity contribution in [3.63, 3.8) is 0 Å². The number of aliphatic hydroxyl groups is 1. The molecule has 0 spiro atoms. The quantitative estimate of drug-likeness (QED) is 0.919. The van der Waals surface area contributed by atoms with Gasteiger partial charge in [-0.3, -0.25) is 4.68 Å². The number of aromatic nitrogens is 2. The first-order chi connectivity index (χ1) is 8.89. The van der Waals surface area contributed by atoms with Crippen LogP contribution in [0.15, 0.2) is 36.7 Å². The van der Waals surface area contributed by atoms with Gasteiger partial charge in [-0.15, -0.1) is 0 Å². The number of hydrogen-bond acceptors (Lipinski definition) is 2. The molecular formula is C15H19FN2O. The van der Waals surface area contributed by atoms with Gasteiger partial charge in [0.05, 0.1) is 12.3 Å². The van der Waals surface area contributed by atoms with Crippen LogP contribution in [0.3, 0.4) is 0 Å². The zero-order valence-electron chi connectivity index (χ0n) is 11.5. The molecule has 1 aromatic heterocycles. The Morgan fingerprint density at radius 3 is 2.47 bits per heavy atom. The Morgan fingerprint density at radius 1 is 1.32 bits per heavy atom. The topological polar surface area (TPSA) is 38.0 Å². The van der Waals surface area contributed by atoms with E-state index >= 15 is 0 Å². The van der Waals surface area contributed by atoms with Crippen LogP contribution >= 0.6 is 0 Å². The van der Waals surface area contributed by atoms with Gasteiger partial charge in [0.15, 0.2) is 0 Å². The second-order valence-corrected chi connectivity index (χ2v) is 5.47. The van der Waals surface area contributed by atoms with E-state index in [1.165, 1.54) is 12.1 Å². The predicted octanol–water partition coefficient (Wildman–Crippen LogP) is 2.44. The monoisotopic (exact) mass is 262 g/mol. The van der Waals surface area contributed by atoms with Gasteiger partial charge in [-0.05, 0) is 23.3 Å². The third-order valence-electron chi connectivity index (χ3n) is 3.61. The molecule has 0 aliphatic rings. The Hall–Kier alpha value is -1.68. The minimum absolute atomic E-state index is 0.263. The van der Waals surface area contributed by atoms with Crippen LogP contribution in [0.2, 0.25) is 0 Å². The Kier molecular flexibility index (Phi) is 3.71. The number of hydrogen-bond donors (Lipinski definition) is 1. The second kappa shape index (κ2) is 5.13. The zero-order valence-corrected chi connectivity index (χ0v) is 11.5. The van der Waals surface area contributed by atoms with E-state index in [2.05, 4.69) is 5.10 Å². The molecule has 19 heavy (non-hydrogen) atoms. The number of aryl methyl sites for hydroxylation is 1. The maximum atomic E-state index is 13.0. The first-order valence-electron chi connectivity index (χ1n) is 6.31. The van der Waals surface area contributed by atoms with Crippen LogP contribution in [0.5, 0.6) is 0 Å². The average Bonchev–Trinajstić information content (AvgIpc) is 2.75. The minimum atomic E-state index is -0.554. The van der Waals surface area contributed by atoms with Crippen LogP contribution in [0.1, 0.15) is 25.0 Å². The second-order valence-electron chi connectivity index (χ2n) is 5.47. The van der Waals surface area contributed by atoms with E-state index < -0.39 is 11.5 Å². The van der Waals surface area contributed by atoms with Gasteiger partial charge in [0.1, 0.15) is 5.82 Å². The molecule has 1 atom stereocenters. The molecule has 0 fully saturated rings. The predicted molar refractivity (Wildman–Crippen MR) is 72.3 cm³/mol. The van der Waals surface area contributed by atoms with Crippen LogP contribution in [0.25, 0.3) is 0 Å². The lowest BCUT2D eigenvalue weighted by Gasteiger charge is -2.31. The Morgan fingerprint density at radius 2 is 1.95 bits per heavy atom. The maximum Gasteiger partial charge on any atom is 0.123 e. The summed E-state index contributed by atoms with van der Waals surface area (Å²) in [6.07, 6.45) is 3.62. The van der Waals surface area contributed by atoms with Gasteiger partial charge < -0.3 is 5.11 Å². The number of nitrogens with zero attached hydrogens (tertiary/aromatic N) is 2.